The summed E-state index contributed by atoms with van der Waals surface area (Å²) in [4.78, 5) is 0. The minimum atomic E-state index is 0.515. The topological polar surface area (TPSA) is 79.7 Å². The van der Waals surface area contributed by atoms with Crippen molar-refractivity contribution in [3.63, 3.8) is 0 Å². The van der Waals surface area contributed by atoms with Crippen molar-refractivity contribution < 1.29 is 14.2 Å². The molecule has 2 aromatic carbocycles. The highest BCUT2D eigenvalue weighted by Crippen LogP contribution is 2.43. The highest BCUT2D eigenvalue weighted by atomic mass is 16.5. The number of benzene rings is 2. The van der Waals surface area contributed by atoms with Crippen LogP contribution in [0.1, 0.15) is 0 Å². The van der Waals surface area contributed by atoms with Crippen LogP contribution in [0, 0.1) is 0 Å². The Hall–Kier alpha value is -2.56. The van der Waals surface area contributed by atoms with Gasteiger partial charge < -0.3 is 25.7 Å². The van der Waals surface area contributed by atoms with Gasteiger partial charge in [0, 0.05) is 5.56 Å². The van der Waals surface area contributed by atoms with Gasteiger partial charge in [-0.25, -0.2) is 0 Å². The van der Waals surface area contributed by atoms with E-state index in [0.29, 0.717) is 28.6 Å². The maximum atomic E-state index is 5.88. The third-order valence-corrected chi connectivity index (χ3v) is 3.10. The van der Waals surface area contributed by atoms with Crippen LogP contribution in [-0.4, -0.2) is 21.3 Å². The van der Waals surface area contributed by atoms with E-state index in [0.717, 1.165) is 11.1 Å². The molecular weight excluding hydrogens is 256 g/mol. The Balaban J connectivity index is 2.63. The predicted molar refractivity (Wildman–Crippen MR) is 80.4 cm³/mol. The molecule has 0 bridgehead atoms. The lowest BCUT2D eigenvalue weighted by molar-refractivity contribution is 0.357. The minimum Gasteiger partial charge on any atom is -0.495 e. The molecule has 0 heterocycles. The predicted octanol–water partition coefficient (Wildman–Crippen LogP) is 2.54. The Morgan fingerprint density at radius 3 is 2.00 bits per heavy atom. The van der Waals surface area contributed by atoms with E-state index < -0.39 is 0 Å². The molecule has 0 aliphatic heterocycles. The van der Waals surface area contributed by atoms with E-state index in [1.54, 1.807) is 33.5 Å². The molecule has 0 fully saturated rings. The Morgan fingerprint density at radius 2 is 1.40 bits per heavy atom. The molecule has 2 aromatic rings. The van der Waals surface area contributed by atoms with Crippen LogP contribution < -0.4 is 25.7 Å². The van der Waals surface area contributed by atoms with E-state index in [1.807, 2.05) is 18.2 Å². The number of hydrogen-bond acceptors (Lipinski definition) is 5. The van der Waals surface area contributed by atoms with Crippen molar-refractivity contribution in [3.05, 3.63) is 30.3 Å². The quantitative estimate of drug-likeness (QED) is 0.837. The van der Waals surface area contributed by atoms with Gasteiger partial charge in [0.1, 0.15) is 5.75 Å². The van der Waals surface area contributed by atoms with Crippen molar-refractivity contribution in [1.29, 1.82) is 0 Å². The van der Waals surface area contributed by atoms with Crippen molar-refractivity contribution in [2.45, 2.75) is 0 Å². The monoisotopic (exact) mass is 274 g/mol. The summed E-state index contributed by atoms with van der Waals surface area (Å²) < 4.78 is 16.0. The Kier molecular flexibility index (Phi) is 3.89. The largest absolute Gasteiger partial charge is 0.495 e. The number of anilines is 2. The number of nitrogens with two attached hydrogens (primary N) is 2. The van der Waals surface area contributed by atoms with Gasteiger partial charge in [-0.2, -0.15) is 0 Å². The van der Waals surface area contributed by atoms with Crippen LogP contribution in [-0.2, 0) is 0 Å². The second-order valence-electron chi connectivity index (χ2n) is 4.23. The molecule has 106 valence electrons. The number of methoxy groups -OCH3 is 3. The first-order valence-corrected chi connectivity index (χ1v) is 6.06. The van der Waals surface area contributed by atoms with Crippen molar-refractivity contribution in [2.24, 2.45) is 0 Å². The summed E-state index contributed by atoms with van der Waals surface area (Å²) >= 11 is 0. The van der Waals surface area contributed by atoms with Gasteiger partial charge in [-0.05, 0) is 29.8 Å². The minimum absolute atomic E-state index is 0.515. The first-order valence-electron chi connectivity index (χ1n) is 6.06. The van der Waals surface area contributed by atoms with Crippen LogP contribution in [0.3, 0.4) is 0 Å². The number of hydrogen-bond donors (Lipinski definition) is 2. The van der Waals surface area contributed by atoms with Gasteiger partial charge in [0.2, 0.25) is 0 Å². The van der Waals surface area contributed by atoms with Gasteiger partial charge in [0.25, 0.3) is 0 Å². The number of ether oxygens (including phenoxy) is 3. The molecule has 0 aliphatic carbocycles. The van der Waals surface area contributed by atoms with Crippen molar-refractivity contribution >= 4 is 11.4 Å². The third-order valence-electron chi connectivity index (χ3n) is 3.10. The smallest absolute Gasteiger partial charge is 0.184 e. The zero-order chi connectivity index (χ0) is 14.7. The fraction of sp³-hybridized carbons (Fsp3) is 0.200. The summed E-state index contributed by atoms with van der Waals surface area (Å²) in [5, 5.41) is 0. The number of nitrogen functional groups attached to an aromatic ring is 2. The zero-order valence-electron chi connectivity index (χ0n) is 11.8. The molecule has 0 radical (unpaired) electrons. The van der Waals surface area contributed by atoms with Gasteiger partial charge >= 0.3 is 0 Å². The summed E-state index contributed by atoms with van der Waals surface area (Å²) in [5.74, 6) is 1.71. The van der Waals surface area contributed by atoms with Gasteiger partial charge in [-0.15, -0.1) is 0 Å². The van der Waals surface area contributed by atoms with Gasteiger partial charge in [0.15, 0.2) is 11.5 Å². The average molecular weight is 274 g/mol. The summed E-state index contributed by atoms with van der Waals surface area (Å²) in [5.41, 5.74) is 14.6. The lowest BCUT2D eigenvalue weighted by atomic mass is 10.0. The van der Waals surface area contributed by atoms with E-state index in [4.69, 9.17) is 25.7 Å². The highest BCUT2D eigenvalue weighted by Gasteiger charge is 2.15. The van der Waals surface area contributed by atoms with Crippen LogP contribution in [0.25, 0.3) is 11.1 Å². The van der Waals surface area contributed by atoms with Crippen LogP contribution in [0.5, 0.6) is 17.2 Å². The van der Waals surface area contributed by atoms with Gasteiger partial charge in [-0.1, -0.05) is 6.07 Å². The molecule has 0 amide bonds. The Morgan fingerprint density at radius 1 is 0.750 bits per heavy atom. The maximum Gasteiger partial charge on any atom is 0.184 e. The van der Waals surface area contributed by atoms with E-state index in [-0.39, 0.29) is 0 Å². The standard InChI is InChI=1S/C15H18N2O3/c1-18-13-8-9(4-6-11(13)16)10-5-7-12(17)15(20-3)14(10)19-2/h4-8H,16-17H2,1-3H3. The fourth-order valence-corrected chi connectivity index (χ4v) is 2.10. The normalized spacial score (nSPS) is 10.2. The van der Waals surface area contributed by atoms with Crippen LogP contribution >= 0.6 is 0 Å². The second-order valence-corrected chi connectivity index (χ2v) is 4.23. The summed E-state index contributed by atoms with van der Waals surface area (Å²) in [6, 6.07) is 9.19. The van der Waals surface area contributed by atoms with Crippen molar-refractivity contribution in [2.75, 3.05) is 32.8 Å². The van der Waals surface area contributed by atoms with Crippen LogP contribution in [0.2, 0.25) is 0 Å². The molecule has 4 N–H and O–H groups in total. The number of rotatable bonds is 4. The summed E-state index contributed by atoms with van der Waals surface area (Å²) in [6.45, 7) is 0. The fourth-order valence-electron chi connectivity index (χ4n) is 2.10. The molecule has 0 saturated heterocycles. The third kappa shape index (κ3) is 2.30. The summed E-state index contributed by atoms with van der Waals surface area (Å²) in [7, 11) is 4.72. The molecule has 0 saturated carbocycles. The first kappa shape index (κ1) is 13.9. The Bertz CT molecular complexity index is 627. The van der Waals surface area contributed by atoms with Gasteiger partial charge in [0.05, 0.1) is 32.7 Å². The highest BCUT2D eigenvalue weighted by molar-refractivity contribution is 5.80. The molecule has 0 aliphatic rings. The Labute approximate surface area is 118 Å². The molecule has 0 spiro atoms. The molecule has 0 atom stereocenters. The second kappa shape index (κ2) is 5.61. The molecular formula is C15H18N2O3. The molecule has 20 heavy (non-hydrogen) atoms. The lowest BCUT2D eigenvalue weighted by Crippen LogP contribution is -1.98. The zero-order valence-corrected chi connectivity index (χ0v) is 11.8. The van der Waals surface area contributed by atoms with E-state index in [9.17, 15) is 0 Å². The molecule has 0 aromatic heterocycles. The van der Waals surface area contributed by atoms with E-state index >= 15 is 0 Å². The van der Waals surface area contributed by atoms with E-state index in [2.05, 4.69) is 0 Å². The molecule has 5 heteroatoms. The van der Waals surface area contributed by atoms with Crippen LogP contribution in [0.4, 0.5) is 11.4 Å². The molecule has 0 unspecified atom stereocenters. The van der Waals surface area contributed by atoms with Crippen LogP contribution in [0.15, 0.2) is 30.3 Å². The average Bonchev–Trinajstić information content (AvgIpc) is 2.47. The molecule has 2 rings (SSSR count). The first-order chi connectivity index (χ1) is 9.62. The maximum absolute atomic E-state index is 5.88. The summed E-state index contributed by atoms with van der Waals surface area (Å²) in [6.07, 6.45) is 0. The van der Waals surface area contributed by atoms with Crippen molar-refractivity contribution in [1.82, 2.24) is 0 Å². The van der Waals surface area contributed by atoms with E-state index in [1.165, 1.54) is 0 Å². The SMILES string of the molecule is COc1cc(-c2ccc(N)c(OC)c2OC)ccc1N. The van der Waals surface area contributed by atoms with Gasteiger partial charge in [-0.3, -0.25) is 0 Å². The lowest BCUT2D eigenvalue weighted by Gasteiger charge is -2.15. The molecule has 5 nitrogen and oxygen atoms in total. The van der Waals surface area contributed by atoms with Crippen molar-refractivity contribution in [3.8, 4) is 28.4 Å².